The van der Waals surface area contributed by atoms with Crippen molar-refractivity contribution in [2.24, 2.45) is 0 Å². The average molecular weight is 159 g/mol. The van der Waals surface area contributed by atoms with Crippen molar-refractivity contribution in [3.63, 3.8) is 0 Å². The zero-order chi connectivity index (χ0) is 8.04. The van der Waals surface area contributed by atoms with E-state index < -0.39 is 8.07 Å². The Morgan fingerprint density at radius 3 is 2.40 bits per heavy atom. The van der Waals surface area contributed by atoms with Gasteiger partial charge in [-0.15, -0.1) is 0 Å². The summed E-state index contributed by atoms with van der Waals surface area (Å²) in [5, 5.41) is 8.61. The van der Waals surface area contributed by atoms with Crippen LogP contribution < -0.4 is 0 Å². The third-order valence-corrected chi connectivity index (χ3v) is 4.99. The monoisotopic (exact) mass is 159 g/mol. The Hall–Kier alpha value is 0.0469. The van der Waals surface area contributed by atoms with Gasteiger partial charge in [0, 0.05) is 6.61 Å². The van der Waals surface area contributed by atoms with Gasteiger partial charge in [0.1, 0.15) is 8.07 Å². The van der Waals surface area contributed by atoms with Gasteiger partial charge in [0.2, 0.25) is 0 Å². The first-order valence-electron chi connectivity index (χ1n) is 4.01. The molecular formula is C8H19OSi+. The van der Waals surface area contributed by atoms with Crippen molar-refractivity contribution < 1.29 is 5.11 Å². The Bertz CT molecular complexity index is 81.3. The van der Waals surface area contributed by atoms with Crippen molar-refractivity contribution in [3.05, 3.63) is 6.42 Å². The molecule has 0 saturated heterocycles. The Balaban J connectivity index is 3.42. The average Bonchev–Trinajstić information content (AvgIpc) is 1.84. The van der Waals surface area contributed by atoms with Crippen molar-refractivity contribution in [3.8, 4) is 0 Å². The molecule has 0 unspecified atom stereocenters. The van der Waals surface area contributed by atoms with E-state index in [0.717, 1.165) is 6.42 Å². The molecule has 0 bridgehead atoms. The third-order valence-electron chi connectivity index (χ3n) is 1.77. The Morgan fingerprint density at radius 2 is 2.00 bits per heavy atom. The van der Waals surface area contributed by atoms with Crippen molar-refractivity contribution in [2.45, 2.75) is 38.5 Å². The molecule has 0 atom stereocenters. The summed E-state index contributed by atoms with van der Waals surface area (Å²) < 4.78 is 0. The van der Waals surface area contributed by atoms with E-state index in [1.54, 1.807) is 0 Å². The minimum Gasteiger partial charge on any atom is -0.396 e. The molecule has 0 amide bonds. The van der Waals surface area contributed by atoms with E-state index in [0.29, 0.717) is 6.61 Å². The molecule has 0 aromatic rings. The molecule has 0 aliphatic rings. The summed E-state index contributed by atoms with van der Waals surface area (Å²) in [4.78, 5) is 0. The van der Waals surface area contributed by atoms with E-state index >= 15 is 0 Å². The lowest BCUT2D eigenvalue weighted by Gasteiger charge is -2.15. The fourth-order valence-electron chi connectivity index (χ4n) is 1.21. The van der Waals surface area contributed by atoms with E-state index in [4.69, 9.17) is 5.11 Å². The zero-order valence-electron chi connectivity index (χ0n) is 7.35. The van der Waals surface area contributed by atoms with Gasteiger partial charge in [0.25, 0.3) is 0 Å². The van der Waals surface area contributed by atoms with Crippen LogP contribution in [-0.4, -0.2) is 19.8 Å². The van der Waals surface area contributed by atoms with E-state index in [9.17, 15) is 0 Å². The van der Waals surface area contributed by atoms with E-state index in [1.807, 2.05) is 0 Å². The Labute approximate surface area is 65.5 Å². The van der Waals surface area contributed by atoms with Gasteiger partial charge in [0.15, 0.2) is 0 Å². The predicted octanol–water partition coefficient (Wildman–Crippen LogP) is 2.30. The maximum atomic E-state index is 8.61. The molecule has 1 N–H and O–H groups in total. The highest BCUT2D eigenvalue weighted by Crippen LogP contribution is 2.17. The van der Waals surface area contributed by atoms with Gasteiger partial charge in [-0.05, 0) is 6.42 Å². The molecule has 0 radical (unpaired) electrons. The molecule has 60 valence electrons. The van der Waals surface area contributed by atoms with Crippen molar-refractivity contribution >= 4 is 8.07 Å². The summed E-state index contributed by atoms with van der Waals surface area (Å²) in [6.07, 6.45) is 3.25. The highest BCUT2D eigenvalue weighted by Gasteiger charge is 2.22. The summed E-state index contributed by atoms with van der Waals surface area (Å²) in [5.41, 5.74) is 0. The van der Waals surface area contributed by atoms with Crippen LogP contribution in [0, 0.1) is 6.42 Å². The highest BCUT2D eigenvalue weighted by atomic mass is 28.3. The fraction of sp³-hybridized carbons (Fsp3) is 0.875. The first-order chi connectivity index (χ1) is 4.62. The summed E-state index contributed by atoms with van der Waals surface area (Å²) in [7, 11) is -0.940. The minimum absolute atomic E-state index is 0.361. The molecule has 0 aromatic carbocycles. The van der Waals surface area contributed by atoms with Crippen LogP contribution in [0.15, 0.2) is 0 Å². The SMILES string of the molecule is C[CH+]C[Si](C)(C)CCCO. The Morgan fingerprint density at radius 1 is 1.40 bits per heavy atom. The lowest BCUT2D eigenvalue weighted by Crippen LogP contribution is -2.24. The molecule has 0 rings (SSSR count). The van der Waals surface area contributed by atoms with E-state index in [2.05, 4.69) is 26.4 Å². The first kappa shape index (κ1) is 10.0. The van der Waals surface area contributed by atoms with Gasteiger partial charge in [0.05, 0.1) is 19.4 Å². The van der Waals surface area contributed by atoms with Gasteiger partial charge < -0.3 is 5.11 Å². The second-order valence-electron chi connectivity index (χ2n) is 3.60. The second kappa shape index (κ2) is 4.80. The van der Waals surface area contributed by atoms with Crippen LogP contribution in [0.25, 0.3) is 0 Å². The molecule has 0 aromatic heterocycles. The first-order valence-corrected chi connectivity index (χ1v) is 7.42. The summed E-state index contributed by atoms with van der Waals surface area (Å²) in [6, 6.07) is 2.54. The van der Waals surface area contributed by atoms with Gasteiger partial charge >= 0.3 is 0 Å². The number of aliphatic hydroxyl groups is 1. The molecule has 0 fully saturated rings. The van der Waals surface area contributed by atoms with Crippen LogP contribution in [-0.2, 0) is 0 Å². The van der Waals surface area contributed by atoms with Crippen LogP contribution in [0.2, 0.25) is 25.2 Å². The normalized spacial score (nSPS) is 11.6. The third kappa shape index (κ3) is 4.88. The van der Waals surface area contributed by atoms with Crippen molar-refractivity contribution in [1.82, 2.24) is 0 Å². The summed E-state index contributed by atoms with van der Waals surface area (Å²) in [6.45, 7) is 7.24. The Kier molecular flexibility index (Phi) is 4.82. The molecule has 0 spiro atoms. The number of hydrogen-bond donors (Lipinski definition) is 1. The zero-order valence-corrected chi connectivity index (χ0v) is 8.35. The minimum atomic E-state index is -0.940. The lowest BCUT2D eigenvalue weighted by atomic mass is 10.5. The van der Waals surface area contributed by atoms with E-state index in [-0.39, 0.29) is 0 Å². The van der Waals surface area contributed by atoms with Crippen LogP contribution in [0.4, 0.5) is 0 Å². The van der Waals surface area contributed by atoms with Crippen LogP contribution in [0.1, 0.15) is 13.3 Å². The number of aliphatic hydroxyl groups excluding tert-OH is 1. The van der Waals surface area contributed by atoms with Crippen molar-refractivity contribution in [1.29, 1.82) is 0 Å². The summed E-state index contributed by atoms with van der Waals surface area (Å²) in [5.74, 6) is 0. The smallest absolute Gasteiger partial charge is 0.101 e. The molecular weight excluding hydrogens is 140 g/mol. The molecule has 0 saturated carbocycles. The summed E-state index contributed by atoms with van der Waals surface area (Å²) >= 11 is 0. The highest BCUT2D eigenvalue weighted by molar-refractivity contribution is 6.77. The molecule has 2 heteroatoms. The van der Waals surface area contributed by atoms with Crippen LogP contribution >= 0.6 is 0 Å². The van der Waals surface area contributed by atoms with Gasteiger partial charge in [-0.3, -0.25) is 0 Å². The van der Waals surface area contributed by atoms with Crippen molar-refractivity contribution in [2.75, 3.05) is 6.61 Å². The fourth-order valence-corrected chi connectivity index (χ4v) is 3.64. The van der Waals surface area contributed by atoms with Gasteiger partial charge in [-0.1, -0.05) is 19.1 Å². The molecule has 10 heavy (non-hydrogen) atoms. The molecule has 1 nitrogen and oxygen atoms in total. The topological polar surface area (TPSA) is 20.2 Å². The maximum absolute atomic E-state index is 8.61. The largest absolute Gasteiger partial charge is 0.396 e. The quantitative estimate of drug-likeness (QED) is 0.482. The lowest BCUT2D eigenvalue weighted by molar-refractivity contribution is 0.294. The number of rotatable bonds is 5. The molecule has 0 aliphatic carbocycles. The van der Waals surface area contributed by atoms with Gasteiger partial charge in [-0.2, -0.15) is 0 Å². The molecule has 0 aliphatic heterocycles. The van der Waals surface area contributed by atoms with E-state index in [1.165, 1.54) is 12.1 Å². The molecule has 0 heterocycles. The van der Waals surface area contributed by atoms with Gasteiger partial charge in [-0.25, -0.2) is 0 Å². The number of hydrogen-bond acceptors (Lipinski definition) is 1. The van der Waals surface area contributed by atoms with Crippen LogP contribution in [0.5, 0.6) is 0 Å². The maximum Gasteiger partial charge on any atom is 0.101 e. The van der Waals surface area contributed by atoms with Crippen LogP contribution in [0.3, 0.4) is 0 Å². The standard InChI is InChI=1S/C8H19OSi/c1-4-7-10(2,3)8-5-6-9/h4,9H,5-8H2,1-3H3/q+1. The predicted molar refractivity (Wildman–Crippen MR) is 48.8 cm³/mol. The second-order valence-corrected chi connectivity index (χ2v) is 8.84.